The topological polar surface area (TPSA) is 145 Å². The minimum atomic E-state index is -0.409. The minimum Gasteiger partial charge on any atom is -0.396 e. The number of amides is 2. The number of nitrogens with zero attached hydrogens (tertiary/aromatic N) is 3. The van der Waals surface area contributed by atoms with Gasteiger partial charge in [0.15, 0.2) is 0 Å². The Labute approximate surface area is 234 Å². The van der Waals surface area contributed by atoms with Crippen molar-refractivity contribution >= 4 is 17.6 Å². The van der Waals surface area contributed by atoms with Crippen molar-refractivity contribution in [3.63, 3.8) is 0 Å². The number of carbonyl (C=O) groups is 3. The Morgan fingerprint density at radius 1 is 1.03 bits per heavy atom. The summed E-state index contributed by atoms with van der Waals surface area (Å²) in [6.45, 7) is 18.9. The molecule has 39 heavy (non-hydrogen) atoms. The van der Waals surface area contributed by atoms with Crippen LogP contribution in [0.3, 0.4) is 0 Å². The van der Waals surface area contributed by atoms with Crippen molar-refractivity contribution in [3.8, 4) is 0 Å². The number of rotatable bonds is 18. The van der Waals surface area contributed by atoms with Crippen LogP contribution in [0.15, 0.2) is 6.20 Å². The molecule has 1 aromatic heterocycles. The van der Waals surface area contributed by atoms with Crippen LogP contribution in [0, 0.1) is 11.3 Å². The Morgan fingerprint density at radius 3 is 2.26 bits per heavy atom. The molecule has 0 aliphatic heterocycles. The standard InChI is InChI=1S/C24H43N5O6.C4H10/c1-18(35-13-10-23(3,4)19(2)31)7-8-21(32)26-15-22(33)25-11-14-34-17-20-16-29(28-27-20)24(5,6)9-12-30;1-4(2)3/h16,18,30H,7-15,17H2,1-6H3,(H,25,33)(H,26,32);4H,1-3H3. The van der Waals surface area contributed by atoms with Crippen LogP contribution in [0.2, 0.25) is 0 Å². The lowest BCUT2D eigenvalue weighted by molar-refractivity contribution is -0.127. The molecule has 11 nitrogen and oxygen atoms in total. The van der Waals surface area contributed by atoms with Gasteiger partial charge in [-0.05, 0) is 52.9 Å². The van der Waals surface area contributed by atoms with Crippen LogP contribution in [-0.4, -0.2) is 76.7 Å². The molecule has 3 N–H and O–H groups in total. The van der Waals surface area contributed by atoms with Gasteiger partial charge in [0.05, 0.1) is 37.6 Å². The zero-order valence-corrected chi connectivity index (χ0v) is 25.6. The molecule has 1 heterocycles. The van der Waals surface area contributed by atoms with Crippen molar-refractivity contribution in [3.05, 3.63) is 11.9 Å². The second-order valence-corrected chi connectivity index (χ2v) is 11.8. The number of aliphatic hydroxyl groups excluding tert-OH is 1. The molecular formula is C28H53N5O6. The number of nitrogens with one attached hydrogen (secondary N) is 2. The van der Waals surface area contributed by atoms with Crippen molar-refractivity contribution in [2.45, 2.75) is 106 Å². The average molecular weight is 556 g/mol. The molecule has 1 aromatic rings. The van der Waals surface area contributed by atoms with E-state index < -0.39 is 5.41 Å². The van der Waals surface area contributed by atoms with Gasteiger partial charge in [-0.3, -0.25) is 14.4 Å². The first-order chi connectivity index (χ1) is 18.1. The summed E-state index contributed by atoms with van der Waals surface area (Å²) in [5.41, 5.74) is -0.0832. The Balaban J connectivity index is 0.00000336. The molecule has 1 rings (SSSR count). The normalized spacial score (nSPS) is 12.5. The third kappa shape index (κ3) is 17.8. The van der Waals surface area contributed by atoms with E-state index in [0.29, 0.717) is 44.7 Å². The summed E-state index contributed by atoms with van der Waals surface area (Å²) in [6, 6.07) is 0. The van der Waals surface area contributed by atoms with Gasteiger partial charge in [-0.1, -0.05) is 39.8 Å². The number of Topliss-reactive ketones (excluding diaryl/α,β-unsaturated/α-hetero) is 1. The number of hydrogen-bond acceptors (Lipinski definition) is 8. The largest absolute Gasteiger partial charge is 0.396 e. The van der Waals surface area contributed by atoms with Gasteiger partial charge in [0, 0.05) is 31.6 Å². The van der Waals surface area contributed by atoms with E-state index in [1.165, 1.54) is 0 Å². The van der Waals surface area contributed by atoms with E-state index in [1.807, 2.05) is 34.6 Å². The van der Waals surface area contributed by atoms with Gasteiger partial charge in [-0.2, -0.15) is 0 Å². The van der Waals surface area contributed by atoms with Gasteiger partial charge in [0.2, 0.25) is 11.8 Å². The Bertz CT molecular complexity index is 850. The van der Waals surface area contributed by atoms with Crippen LogP contribution in [0.25, 0.3) is 0 Å². The van der Waals surface area contributed by atoms with Gasteiger partial charge in [0.1, 0.15) is 11.5 Å². The van der Waals surface area contributed by atoms with Crippen molar-refractivity contribution < 1.29 is 29.0 Å². The van der Waals surface area contributed by atoms with Crippen LogP contribution in [0.1, 0.15) is 93.7 Å². The molecule has 0 spiro atoms. The summed E-state index contributed by atoms with van der Waals surface area (Å²) in [7, 11) is 0. The monoisotopic (exact) mass is 555 g/mol. The highest BCUT2D eigenvalue weighted by Crippen LogP contribution is 2.21. The van der Waals surface area contributed by atoms with Gasteiger partial charge in [-0.15, -0.1) is 5.10 Å². The maximum Gasteiger partial charge on any atom is 0.239 e. The molecule has 11 heteroatoms. The van der Waals surface area contributed by atoms with Crippen LogP contribution >= 0.6 is 0 Å². The summed E-state index contributed by atoms with van der Waals surface area (Å²) in [4.78, 5) is 35.4. The van der Waals surface area contributed by atoms with Crippen molar-refractivity contribution in [1.29, 1.82) is 0 Å². The van der Waals surface area contributed by atoms with E-state index in [-0.39, 0.29) is 55.4 Å². The highest BCUT2D eigenvalue weighted by molar-refractivity contribution is 5.84. The molecule has 226 valence electrons. The smallest absolute Gasteiger partial charge is 0.239 e. The van der Waals surface area contributed by atoms with E-state index in [9.17, 15) is 14.4 Å². The van der Waals surface area contributed by atoms with Crippen molar-refractivity contribution in [2.75, 3.05) is 32.9 Å². The lowest BCUT2D eigenvalue weighted by Crippen LogP contribution is -2.38. The van der Waals surface area contributed by atoms with Gasteiger partial charge in [-0.25, -0.2) is 4.68 Å². The summed E-state index contributed by atoms with van der Waals surface area (Å²) in [5, 5.41) is 22.6. The summed E-state index contributed by atoms with van der Waals surface area (Å²) >= 11 is 0. The maximum absolute atomic E-state index is 12.0. The molecule has 0 saturated heterocycles. The zero-order chi connectivity index (χ0) is 30.1. The zero-order valence-electron chi connectivity index (χ0n) is 25.6. The summed E-state index contributed by atoms with van der Waals surface area (Å²) < 4.78 is 12.9. The summed E-state index contributed by atoms with van der Waals surface area (Å²) in [6.07, 6.45) is 3.64. The predicted octanol–water partition coefficient (Wildman–Crippen LogP) is 3.00. The number of ether oxygens (including phenoxy) is 2. The third-order valence-electron chi connectivity index (χ3n) is 6.01. The number of carbonyl (C=O) groups excluding carboxylic acids is 3. The fourth-order valence-corrected chi connectivity index (χ4v) is 2.93. The minimum absolute atomic E-state index is 0.0637. The van der Waals surface area contributed by atoms with Gasteiger partial charge >= 0.3 is 0 Å². The fourth-order valence-electron chi connectivity index (χ4n) is 2.93. The third-order valence-corrected chi connectivity index (χ3v) is 6.01. The van der Waals surface area contributed by atoms with E-state index in [1.54, 1.807) is 17.8 Å². The van der Waals surface area contributed by atoms with Crippen LogP contribution < -0.4 is 10.6 Å². The molecule has 0 radical (unpaired) electrons. The van der Waals surface area contributed by atoms with E-state index in [0.717, 1.165) is 5.92 Å². The van der Waals surface area contributed by atoms with Crippen molar-refractivity contribution in [2.24, 2.45) is 11.3 Å². The number of hydrogen-bond donors (Lipinski definition) is 3. The summed E-state index contributed by atoms with van der Waals surface area (Å²) in [5.74, 6) is 0.443. The Hall–Kier alpha value is -2.37. The number of aromatic nitrogens is 3. The second kappa shape index (κ2) is 18.8. The van der Waals surface area contributed by atoms with Crippen LogP contribution in [0.4, 0.5) is 0 Å². The van der Waals surface area contributed by atoms with Crippen LogP contribution in [-0.2, 0) is 36.0 Å². The predicted molar refractivity (Wildman–Crippen MR) is 151 cm³/mol. The Kier molecular flexibility index (Phi) is 17.7. The number of aliphatic hydroxyl groups is 1. The molecule has 1 unspecified atom stereocenters. The quantitative estimate of drug-likeness (QED) is 0.235. The SMILES string of the molecule is CC(=O)C(C)(C)CCOC(C)CCC(=O)NCC(=O)NCCOCc1cn(C(C)(C)CCO)nn1.CC(C)C. The molecular weight excluding hydrogens is 502 g/mol. The van der Waals surface area contributed by atoms with Crippen molar-refractivity contribution in [1.82, 2.24) is 25.6 Å². The first kappa shape index (κ1) is 36.6. The highest BCUT2D eigenvalue weighted by atomic mass is 16.5. The Morgan fingerprint density at radius 2 is 1.67 bits per heavy atom. The lowest BCUT2D eigenvalue weighted by Gasteiger charge is -2.23. The van der Waals surface area contributed by atoms with E-state index in [2.05, 4.69) is 41.7 Å². The first-order valence-corrected chi connectivity index (χ1v) is 13.9. The van der Waals surface area contributed by atoms with Gasteiger partial charge in [0.25, 0.3) is 0 Å². The number of ketones is 1. The van der Waals surface area contributed by atoms with Gasteiger partial charge < -0.3 is 25.2 Å². The fraction of sp³-hybridized carbons (Fsp3) is 0.821. The molecule has 1 atom stereocenters. The first-order valence-electron chi connectivity index (χ1n) is 13.9. The molecule has 0 fully saturated rings. The molecule has 0 aliphatic carbocycles. The molecule has 0 bridgehead atoms. The average Bonchev–Trinajstić information content (AvgIpc) is 3.30. The molecule has 2 amide bonds. The molecule has 0 saturated carbocycles. The second-order valence-electron chi connectivity index (χ2n) is 11.8. The van der Waals surface area contributed by atoms with Crippen LogP contribution in [0.5, 0.6) is 0 Å². The lowest BCUT2D eigenvalue weighted by atomic mass is 9.86. The highest BCUT2D eigenvalue weighted by Gasteiger charge is 2.23. The van der Waals surface area contributed by atoms with E-state index in [4.69, 9.17) is 14.6 Å². The molecule has 0 aromatic carbocycles. The van der Waals surface area contributed by atoms with E-state index >= 15 is 0 Å². The maximum atomic E-state index is 12.0. The molecule has 0 aliphatic rings.